The Labute approximate surface area is 115 Å². The van der Waals surface area contributed by atoms with Gasteiger partial charge in [-0.1, -0.05) is 38.5 Å². The molecule has 2 aliphatic carbocycles. The van der Waals surface area contributed by atoms with Crippen LogP contribution in [0.25, 0.3) is 0 Å². The van der Waals surface area contributed by atoms with Crippen LogP contribution in [-0.4, -0.2) is 14.8 Å². The molecule has 1 aromatic rings. The molecule has 106 valence electrons. The van der Waals surface area contributed by atoms with Gasteiger partial charge >= 0.3 is 0 Å². The molecule has 0 bridgehead atoms. The highest BCUT2D eigenvalue weighted by Crippen LogP contribution is 2.36. The van der Waals surface area contributed by atoms with Crippen LogP contribution in [0, 0.1) is 0 Å². The summed E-state index contributed by atoms with van der Waals surface area (Å²) in [5, 5.41) is 4.68. The summed E-state index contributed by atoms with van der Waals surface area (Å²) in [7, 11) is 2.01. The number of aromatic nitrogens is 3. The lowest BCUT2D eigenvalue weighted by atomic mass is 9.82. The van der Waals surface area contributed by atoms with Crippen LogP contribution in [0.15, 0.2) is 0 Å². The Balaban J connectivity index is 1.84. The van der Waals surface area contributed by atoms with Crippen LogP contribution in [0.2, 0.25) is 0 Å². The zero-order valence-corrected chi connectivity index (χ0v) is 12.1. The van der Waals surface area contributed by atoms with Crippen molar-refractivity contribution in [1.82, 2.24) is 14.8 Å². The van der Waals surface area contributed by atoms with E-state index in [4.69, 9.17) is 10.7 Å². The zero-order valence-electron chi connectivity index (χ0n) is 12.1. The van der Waals surface area contributed by atoms with Gasteiger partial charge in [0.15, 0.2) is 5.82 Å². The van der Waals surface area contributed by atoms with E-state index in [1.165, 1.54) is 51.4 Å². The molecule has 19 heavy (non-hydrogen) atoms. The Bertz CT molecular complexity index is 425. The van der Waals surface area contributed by atoms with Gasteiger partial charge in [-0.05, 0) is 25.7 Å². The zero-order chi connectivity index (χ0) is 13.3. The fourth-order valence-corrected chi connectivity index (χ4v) is 3.78. The van der Waals surface area contributed by atoms with Crippen LogP contribution < -0.4 is 5.73 Å². The molecule has 0 amide bonds. The van der Waals surface area contributed by atoms with Crippen molar-refractivity contribution in [2.24, 2.45) is 12.8 Å². The third kappa shape index (κ3) is 2.55. The molecule has 0 unspecified atom stereocenters. The van der Waals surface area contributed by atoms with Gasteiger partial charge in [0.25, 0.3) is 0 Å². The molecule has 0 spiro atoms. The van der Waals surface area contributed by atoms with Gasteiger partial charge in [-0.2, -0.15) is 5.10 Å². The number of nitrogens with two attached hydrogens (primary N) is 1. The lowest BCUT2D eigenvalue weighted by Crippen LogP contribution is -2.41. The molecule has 0 atom stereocenters. The predicted octanol–water partition coefficient (Wildman–Crippen LogP) is 2.98. The highest BCUT2D eigenvalue weighted by atomic mass is 15.3. The molecule has 4 heteroatoms. The van der Waals surface area contributed by atoms with Crippen molar-refractivity contribution >= 4 is 0 Å². The average molecular weight is 262 g/mol. The van der Waals surface area contributed by atoms with Gasteiger partial charge in [-0.3, -0.25) is 4.68 Å². The van der Waals surface area contributed by atoms with E-state index in [9.17, 15) is 0 Å². The Kier molecular flexibility index (Phi) is 3.61. The molecule has 0 aliphatic heterocycles. The largest absolute Gasteiger partial charge is 0.319 e. The maximum atomic E-state index is 6.60. The molecule has 0 radical (unpaired) electrons. The van der Waals surface area contributed by atoms with E-state index < -0.39 is 0 Å². The third-order valence-electron chi connectivity index (χ3n) is 4.94. The monoisotopic (exact) mass is 262 g/mol. The minimum Gasteiger partial charge on any atom is -0.319 e. The van der Waals surface area contributed by atoms with Crippen molar-refractivity contribution in [2.75, 3.05) is 0 Å². The number of hydrogen-bond acceptors (Lipinski definition) is 3. The van der Waals surface area contributed by atoms with Crippen molar-refractivity contribution < 1.29 is 0 Å². The van der Waals surface area contributed by atoms with Crippen LogP contribution in [-0.2, 0) is 12.6 Å². The molecular weight excluding hydrogens is 236 g/mol. The topological polar surface area (TPSA) is 56.7 Å². The van der Waals surface area contributed by atoms with Gasteiger partial charge in [0.1, 0.15) is 5.82 Å². The molecular formula is C15H26N4. The summed E-state index contributed by atoms with van der Waals surface area (Å²) in [5.74, 6) is 2.64. The maximum absolute atomic E-state index is 6.60. The molecule has 1 heterocycles. The highest BCUT2D eigenvalue weighted by molar-refractivity contribution is 5.10. The van der Waals surface area contributed by atoms with E-state index in [-0.39, 0.29) is 5.54 Å². The number of nitrogens with zero attached hydrogens (tertiary/aromatic N) is 3. The summed E-state index contributed by atoms with van der Waals surface area (Å²) in [6.45, 7) is 0. The summed E-state index contributed by atoms with van der Waals surface area (Å²) in [6, 6.07) is 0. The maximum Gasteiger partial charge on any atom is 0.154 e. The normalized spacial score (nSPS) is 24.5. The van der Waals surface area contributed by atoms with E-state index in [1.54, 1.807) is 0 Å². The van der Waals surface area contributed by atoms with Crippen molar-refractivity contribution in [3.05, 3.63) is 11.6 Å². The van der Waals surface area contributed by atoms with E-state index in [0.717, 1.165) is 24.5 Å². The van der Waals surface area contributed by atoms with Crippen LogP contribution in [0.3, 0.4) is 0 Å². The first-order valence-electron chi connectivity index (χ1n) is 7.89. The van der Waals surface area contributed by atoms with Gasteiger partial charge in [0, 0.05) is 13.0 Å². The lowest BCUT2D eigenvalue weighted by molar-refractivity contribution is 0.278. The van der Waals surface area contributed by atoms with E-state index in [1.807, 2.05) is 11.7 Å². The first kappa shape index (κ1) is 13.1. The Morgan fingerprint density at radius 3 is 2.37 bits per heavy atom. The number of aryl methyl sites for hydroxylation is 1. The van der Waals surface area contributed by atoms with E-state index in [2.05, 4.69) is 5.10 Å². The molecule has 3 rings (SSSR count). The molecule has 0 saturated heterocycles. The number of rotatable bonds is 2. The summed E-state index contributed by atoms with van der Waals surface area (Å²) in [5.41, 5.74) is 6.37. The second kappa shape index (κ2) is 5.23. The predicted molar refractivity (Wildman–Crippen MR) is 75.8 cm³/mol. The minimum atomic E-state index is -0.229. The lowest BCUT2D eigenvalue weighted by Gasteiger charge is -2.32. The third-order valence-corrected chi connectivity index (χ3v) is 4.94. The number of hydrogen-bond donors (Lipinski definition) is 1. The first-order valence-corrected chi connectivity index (χ1v) is 7.89. The summed E-state index contributed by atoms with van der Waals surface area (Å²) >= 11 is 0. The second-order valence-electron chi connectivity index (χ2n) is 6.47. The summed E-state index contributed by atoms with van der Waals surface area (Å²) in [4.78, 5) is 4.86. The second-order valence-corrected chi connectivity index (χ2v) is 6.47. The van der Waals surface area contributed by atoms with Crippen molar-refractivity contribution in [2.45, 2.75) is 75.7 Å². The molecule has 2 saturated carbocycles. The van der Waals surface area contributed by atoms with Crippen LogP contribution in [0.4, 0.5) is 0 Å². The Morgan fingerprint density at radius 2 is 1.68 bits per heavy atom. The molecule has 2 aliphatic rings. The van der Waals surface area contributed by atoms with E-state index in [0.29, 0.717) is 5.92 Å². The fourth-order valence-electron chi connectivity index (χ4n) is 3.78. The molecule has 4 nitrogen and oxygen atoms in total. The van der Waals surface area contributed by atoms with Crippen molar-refractivity contribution in [1.29, 1.82) is 0 Å². The van der Waals surface area contributed by atoms with Gasteiger partial charge in [0.2, 0.25) is 0 Å². The standard InChI is InChI=1S/C15H26N4/c1-19-14(15(16)10-6-3-7-11-15)17-13(18-19)12-8-4-2-5-9-12/h12H,2-11,16H2,1H3. The Morgan fingerprint density at radius 1 is 1.05 bits per heavy atom. The van der Waals surface area contributed by atoms with Gasteiger partial charge in [0.05, 0.1) is 5.54 Å². The van der Waals surface area contributed by atoms with Crippen LogP contribution in [0.5, 0.6) is 0 Å². The van der Waals surface area contributed by atoms with Gasteiger partial charge < -0.3 is 5.73 Å². The SMILES string of the molecule is Cn1nc(C2CCCCC2)nc1C1(N)CCCCC1. The van der Waals surface area contributed by atoms with Crippen molar-refractivity contribution in [3.63, 3.8) is 0 Å². The van der Waals surface area contributed by atoms with Crippen LogP contribution >= 0.6 is 0 Å². The molecule has 0 aromatic carbocycles. The van der Waals surface area contributed by atoms with E-state index >= 15 is 0 Å². The van der Waals surface area contributed by atoms with Gasteiger partial charge in [-0.15, -0.1) is 0 Å². The summed E-state index contributed by atoms with van der Waals surface area (Å²) in [6.07, 6.45) is 12.4. The fraction of sp³-hybridized carbons (Fsp3) is 0.867. The molecule has 2 N–H and O–H groups in total. The highest BCUT2D eigenvalue weighted by Gasteiger charge is 2.35. The Hall–Kier alpha value is -0.900. The molecule has 2 fully saturated rings. The minimum absolute atomic E-state index is 0.229. The first-order chi connectivity index (χ1) is 9.19. The van der Waals surface area contributed by atoms with Gasteiger partial charge in [-0.25, -0.2) is 4.98 Å². The smallest absolute Gasteiger partial charge is 0.154 e. The summed E-state index contributed by atoms with van der Waals surface area (Å²) < 4.78 is 1.95. The van der Waals surface area contributed by atoms with Crippen molar-refractivity contribution in [3.8, 4) is 0 Å². The molecule has 1 aromatic heterocycles. The average Bonchev–Trinajstić information content (AvgIpc) is 2.84. The quantitative estimate of drug-likeness (QED) is 0.891. The van der Waals surface area contributed by atoms with Crippen LogP contribution in [0.1, 0.15) is 81.8 Å².